The summed E-state index contributed by atoms with van der Waals surface area (Å²) in [6, 6.07) is 15.2. The van der Waals surface area contributed by atoms with Crippen LogP contribution < -0.4 is 10.1 Å². The van der Waals surface area contributed by atoms with E-state index in [0.29, 0.717) is 23.7 Å². The summed E-state index contributed by atoms with van der Waals surface area (Å²) < 4.78 is 10.7. The summed E-state index contributed by atoms with van der Waals surface area (Å²) in [6.07, 6.45) is 0.481. The highest BCUT2D eigenvalue weighted by molar-refractivity contribution is 6.01. The first kappa shape index (κ1) is 15.7. The maximum absolute atomic E-state index is 12.3. The van der Waals surface area contributed by atoms with Gasteiger partial charge in [0.1, 0.15) is 5.75 Å². The average molecular weight is 323 g/mol. The summed E-state index contributed by atoms with van der Waals surface area (Å²) in [6.45, 7) is 1.93. The molecule has 0 spiro atoms. The van der Waals surface area contributed by atoms with Crippen molar-refractivity contribution in [3.8, 4) is 5.75 Å². The summed E-state index contributed by atoms with van der Waals surface area (Å²) in [5.74, 6) is 0.413. The number of carbonyl (C=O) groups is 1. The second-order valence-corrected chi connectivity index (χ2v) is 5.32. The van der Waals surface area contributed by atoms with Gasteiger partial charge in [-0.2, -0.15) is 0 Å². The number of methoxy groups -OCH3 is 1. The van der Waals surface area contributed by atoms with Gasteiger partial charge >= 0.3 is 11.8 Å². The maximum Gasteiger partial charge on any atom is 0.313 e. The third-order valence-electron chi connectivity index (χ3n) is 3.46. The number of aromatic nitrogens is 2. The molecule has 0 unspecified atom stereocenters. The smallest absolute Gasteiger partial charge is 0.313 e. The van der Waals surface area contributed by atoms with E-state index < -0.39 is 5.91 Å². The molecule has 1 N–H and O–H groups in total. The highest BCUT2D eigenvalue weighted by Gasteiger charge is 2.17. The number of ether oxygens (including phenoxy) is 1. The molecule has 1 heterocycles. The van der Waals surface area contributed by atoms with E-state index in [1.807, 2.05) is 49.4 Å². The molecule has 3 aromatic rings. The largest absolute Gasteiger partial charge is 0.495 e. The van der Waals surface area contributed by atoms with E-state index >= 15 is 0 Å². The first-order valence-corrected chi connectivity index (χ1v) is 7.48. The van der Waals surface area contributed by atoms with Crippen molar-refractivity contribution < 1.29 is 13.9 Å². The monoisotopic (exact) mass is 323 g/mol. The summed E-state index contributed by atoms with van der Waals surface area (Å²) in [5.41, 5.74) is 2.60. The van der Waals surface area contributed by atoms with Crippen molar-refractivity contribution in [1.82, 2.24) is 10.2 Å². The molecule has 0 saturated carbocycles. The fourth-order valence-electron chi connectivity index (χ4n) is 2.28. The summed E-state index contributed by atoms with van der Waals surface area (Å²) in [4.78, 5) is 12.3. The number of carbonyl (C=O) groups excluding carboxylic acids is 1. The van der Waals surface area contributed by atoms with E-state index in [1.165, 1.54) is 0 Å². The number of hydrogen-bond donors (Lipinski definition) is 1. The van der Waals surface area contributed by atoms with Gasteiger partial charge in [-0.3, -0.25) is 4.79 Å². The molecule has 0 saturated heterocycles. The Morgan fingerprint density at radius 3 is 2.71 bits per heavy atom. The summed E-state index contributed by atoms with van der Waals surface area (Å²) in [5, 5.41) is 10.5. The Balaban J connectivity index is 1.73. The van der Waals surface area contributed by atoms with Crippen LogP contribution in [-0.4, -0.2) is 23.2 Å². The predicted octanol–water partition coefficient (Wildman–Crippen LogP) is 3.23. The van der Waals surface area contributed by atoms with Crippen molar-refractivity contribution in [2.24, 2.45) is 0 Å². The van der Waals surface area contributed by atoms with E-state index in [0.717, 1.165) is 11.1 Å². The molecule has 0 aliphatic carbocycles. The van der Waals surface area contributed by atoms with Crippen molar-refractivity contribution in [2.45, 2.75) is 13.3 Å². The molecule has 122 valence electrons. The highest BCUT2D eigenvalue weighted by Crippen LogP contribution is 2.25. The lowest BCUT2D eigenvalue weighted by atomic mass is 10.2. The first-order valence-electron chi connectivity index (χ1n) is 7.48. The van der Waals surface area contributed by atoms with Crippen LogP contribution in [0.2, 0.25) is 0 Å². The lowest BCUT2D eigenvalue weighted by Gasteiger charge is -2.09. The van der Waals surface area contributed by atoms with Gasteiger partial charge in [-0.1, -0.05) is 36.4 Å². The molecule has 1 amide bonds. The van der Waals surface area contributed by atoms with Crippen LogP contribution in [0, 0.1) is 6.92 Å². The van der Waals surface area contributed by atoms with E-state index in [1.54, 1.807) is 13.2 Å². The quantitative estimate of drug-likeness (QED) is 0.780. The van der Waals surface area contributed by atoms with Gasteiger partial charge in [0.2, 0.25) is 5.89 Å². The molecule has 0 atom stereocenters. The number of nitrogens with zero attached hydrogens (tertiary/aromatic N) is 2. The van der Waals surface area contributed by atoms with Gasteiger partial charge in [-0.05, 0) is 30.2 Å². The first-order chi connectivity index (χ1) is 11.7. The van der Waals surface area contributed by atoms with Gasteiger partial charge in [0.05, 0.1) is 19.2 Å². The van der Waals surface area contributed by atoms with Gasteiger partial charge in [0.15, 0.2) is 0 Å². The minimum atomic E-state index is -0.467. The van der Waals surface area contributed by atoms with Crippen LogP contribution in [0.25, 0.3) is 0 Å². The van der Waals surface area contributed by atoms with Crippen LogP contribution in [0.5, 0.6) is 5.75 Å². The van der Waals surface area contributed by atoms with Crippen LogP contribution in [0.1, 0.15) is 27.7 Å². The number of hydrogen-bond acceptors (Lipinski definition) is 5. The molecule has 0 aliphatic heterocycles. The molecular weight excluding hydrogens is 306 g/mol. The van der Waals surface area contributed by atoms with Gasteiger partial charge in [-0.15, -0.1) is 10.2 Å². The van der Waals surface area contributed by atoms with Crippen LogP contribution in [-0.2, 0) is 6.42 Å². The number of aryl methyl sites for hydroxylation is 1. The van der Waals surface area contributed by atoms with Crippen LogP contribution in [0.15, 0.2) is 52.9 Å². The molecule has 1 aromatic heterocycles. The van der Waals surface area contributed by atoms with Gasteiger partial charge in [-0.25, -0.2) is 0 Å². The fourth-order valence-corrected chi connectivity index (χ4v) is 2.28. The second kappa shape index (κ2) is 6.95. The zero-order valence-corrected chi connectivity index (χ0v) is 13.4. The van der Waals surface area contributed by atoms with Crippen molar-refractivity contribution in [2.75, 3.05) is 12.4 Å². The number of nitrogens with one attached hydrogen (secondary N) is 1. The summed E-state index contributed by atoms with van der Waals surface area (Å²) in [7, 11) is 1.55. The molecule has 0 aliphatic rings. The SMILES string of the molecule is COc1ccc(C)cc1NC(=O)c1nnc(Cc2ccccc2)o1. The van der Waals surface area contributed by atoms with Gasteiger partial charge in [0.25, 0.3) is 0 Å². The molecule has 24 heavy (non-hydrogen) atoms. The lowest BCUT2D eigenvalue weighted by Crippen LogP contribution is -2.13. The van der Waals surface area contributed by atoms with Gasteiger partial charge < -0.3 is 14.5 Å². The second-order valence-electron chi connectivity index (χ2n) is 5.32. The van der Waals surface area contributed by atoms with Crippen LogP contribution >= 0.6 is 0 Å². The van der Waals surface area contributed by atoms with Crippen molar-refractivity contribution in [1.29, 1.82) is 0 Å². The van der Waals surface area contributed by atoms with E-state index in [9.17, 15) is 4.79 Å². The minimum Gasteiger partial charge on any atom is -0.495 e. The minimum absolute atomic E-state index is 0.0792. The Morgan fingerprint density at radius 1 is 1.17 bits per heavy atom. The Bertz CT molecular complexity index is 844. The average Bonchev–Trinajstić information content (AvgIpc) is 3.05. The maximum atomic E-state index is 12.3. The Labute approximate surface area is 139 Å². The Morgan fingerprint density at radius 2 is 1.96 bits per heavy atom. The number of benzene rings is 2. The topological polar surface area (TPSA) is 77.2 Å². The standard InChI is InChI=1S/C18H17N3O3/c1-12-8-9-15(23-2)14(10-12)19-17(22)18-21-20-16(24-18)11-13-6-4-3-5-7-13/h3-10H,11H2,1-2H3,(H,19,22). The molecule has 6 nitrogen and oxygen atoms in total. The predicted molar refractivity (Wildman–Crippen MR) is 89.2 cm³/mol. The molecule has 3 rings (SSSR count). The molecular formula is C18H17N3O3. The molecule has 2 aromatic carbocycles. The molecule has 6 heteroatoms. The lowest BCUT2D eigenvalue weighted by molar-refractivity contribution is 0.0988. The highest BCUT2D eigenvalue weighted by atomic mass is 16.5. The van der Waals surface area contributed by atoms with E-state index in [-0.39, 0.29) is 5.89 Å². The van der Waals surface area contributed by atoms with Crippen molar-refractivity contribution >= 4 is 11.6 Å². The zero-order valence-electron chi connectivity index (χ0n) is 13.4. The van der Waals surface area contributed by atoms with E-state index in [4.69, 9.17) is 9.15 Å². The van der Waals surface area contributed by atoms with Gasteiger partial charge in [0, 0.05) is 0 Å². The zero-order chi connectivity index (χ0) is 16.9. The fraction of sp³-hybridized carbons (Fsp3) is 0.167. The Kier molecular flexibility index (Phi) is 4.56. The van der Waals surface area contributed by atoms with Crippen LogP contribution in [0.4, 0.5) is 5.69 Å². The van der Waals surface area contributed by atoms with Crippen molar-refractivity contribution in [3.63, 3.8) is 0 Å². The van der Waals surface area contributed by atoms with Crippen LogP contribution in [0.3, 0.4) is 0 Å². The molecule has 0 fully saturated rings. The number of rotatable bonds is 5. The summed E-state index contributed by atoms with van der Waals surface area (Å²) >= 11 is 0. The number of anilines is 1. The number of amides is 1. The van der Waals surface area contributed by atoms with E-state index in [2.05, 4.69) is 15.5 Å². The molecule has 0 radical (unpaired) electrons. The normalized spacial score (nSPS) is 10.4. The third kappa shape index (κ3) is 3.60. The van der Waals surface area contributed by atoms with Crippen molar-refractivity contribution in [3.05, 3.63) is 71.4 Å². The molecule has 0 bridgehead atoms. The Hall–Kier alpha value is -3.15. The third-order valence-corrected chi connectivity index (χ3v) is 3.46.